The SMILES string of the molecule is COc1ccc2c(c1)CN(C(=O)c1nc(S(C)(=O)=O)n3ccccc13)CC2. The molecule has 0 saturated carbocycles. The Bertz CT molecular complexity index is 1150. The fourth-order valence-electron chi connectivity index (χ4n) is 3.41. The van der Waals surface area contributed by atoms with Gasteiger partial charge in [-0.3, -0.25) is 9.20 Å². The lowest BCUT2D eigenvalue weighted by molar-refractivity contribution is 0.0730. The molecule has 1 aromatic carbocycles. The van der Waals surface area contributed by atoms with Crippen LogP contribution in [0.1, 0.15) is 21.6 Å². The molecule has 0 spiro atoms. The van der Waals surface area contributed by atoms with Crippen LogP contribution in [-0.2, 0) is 22.8 Å². The number of imidazole rings is 1. The summed E-state index contributed by atoms with van der Waals surface area (Å²) in [6.07, 6.45) is 3.42. The van der Waals surface area contributed by atoms with Gasteiger partial charge in [0.2, 0.25) is 15.0 Å². The number of nitrogens with zero attached hydrogens (tertiary/aromatic N) is 3. The van der Waals surface area contributed by atoms with Gasteiger partial charge in [-0.1, -0.05) is 12.1 Å². The van der Waals surface area contributed by atoms with Crippen LogP contribution in [0, 0.1) is 0 Å². The smallest absolute Gasteiger partial charge is 0.275 e. The number of ether oxygens (including phenoxy) is 1. The summed E-state index contributed by atoms with van der Waals surface area (Å²) in [6.45, 7) is 0.990. The fraction of sp³-hybridized carbons (Fsp3) is 0.263. The van der Waals surface area contributed by atoms with E-state index in [1.165, 1.54) is 9.96 Å². The summed E-state index contributed by atoms with van der Waals surface area (Å²) in [5.74, 6) is 0.469. The number of rotatable bonds is 3. The topological polar surface area (TPSA) is 81.0 Å². The quantitative estimate of drug-likeness (QED) is 0.688. The number of hydrogen-bond acceptors (Lipinski definition) is 5. The molecule has 0 aliphatic carbocycles. The van der Waals surface area contributed by atoms with Crippen LogP contribution in [0.5, 0.6) is 5.75 Å². The van der Waals surface area contributed by atoms with E-state index in [2.05, 4.69) is 4.98 Å². The minimum Gasteiger partial charge on any atom is -0.497 e. The Kier molecular flexibility index (Phi) is 4.15. The molecule has 2 aromatic heterocycles. The van der Waals surface area contributed by atoms with Gasteiger partial charge in [0.25, 0.3) is 5.91 Å². The van der Waals surface area contributed by atoms with E-state index in [0.717, 1.165) is 24.0 Å². The van der Waals surface area contributed by atoms with Gasteiger partial charge < -0.3 is 9.64 Å². The average Bonchev–Trinajstić information content (AvgIpc) is 3.06. The monoisotopic (exact) mass is 385 g/mol. The normalized spacial score (nSPS) is 14.2. The molecule has 0 bridgehead atoms. The van der Waals surface area contributed by atoms with Crippen molar-refractivity contribution in [3.05, 3.63) is 59.4 Å². The molecule has 0 saturated heterocycles. The molecule has 3 heterocycles. The maximum atomic E-state index is 13.1. The van der Waals surface area contributed by atoms with Crippen LogP contribution in [0.15, 0.2) is 47.8 Å². The third-order valence-electron chi connectivity index (χ3n) is 4.76. The Morgan fingerprint density at radius 1 is 1.19 bits per heavy atom. The van der Waals surface area contributed by atoms with Gasteiger partial charge in [-0.15, -0.1) is 0 Å². The van der Waals surface area contributed by atoms with Crippen molar-refractivity contribution in [1.29, 1.82) is 0 Å². The number of hydrogen-bond donors (Lipinski definition) is 0. The molecule has 140 valence electrons. The molecule has 1 aliphatic rings. The first-order chi connectivity index (χ1) is 12.9. The standard InChI is InChI=1S/C19H19N3O4S/c1-26-15-7-6-13-8-10-21(12-14(13)11-15)18(23)17-16-5-3-4-9-22(16)19(20-17)27(2,24)25/h3-7,9,11H,8,10,12H2,1-2H3. The number of sulfone groups is 1. The second kappa shape index (κ2) is 6.38. The first kappa shape index (κ1) is 17.5. The molecular formula is C19H19N3O4S. The molecule has 0 atom stereocenters. The zero-order valence-corrected chi connectivity index (χ0v) is 15.9. The van der Waals surface area contributed by atoms with Crippen molar-refractivity contribution >= 4 is 21.3 Å². The maximum Gasteiger partial charge on any atom is 0.275 e. The number of pyridine rings is 1. The van der Waals surface area contributed by atoms with Crippen molar-refractivity contribution in [2.24, 2.45) is 0 Å². The molecule has 1 amide bonds. The summed E-state index contributed by atoms with van der Waals surface area (Å²) >= 11 is 0. The van der Waals surface area contributed by atoms with Crippen molar-refractivity contribution in [2.45, 2.75) is 18.1 Å². The third kappa shape index (κ3) is 3.06. The zero-order valence-electron chi connectivity index (χ0n) is 15.0. The van der Waals surface area contributed by atoms with E-state index >= 15 is 0 Å². The van der Waals surface area contributed by atoms with Crippen molar-refractivity contribution < 1.29 is 17.9 Å². The van der Waals surface area contributed by atoms with Crippen molar-refractivity contribution in [2.75, 3.05) is 19.9 Å². The van der Waals surface area contributed by atoms with Gasteiger partial charge in [-0.2, -0.15) is 0 Å². The van der Waals surface area contributed by atoms with Gasteiger partial charge in [0.15, 0.2) is 5.69 Å². The summed E-state index contributed by atoms with van der Waals surface area (Å²) in [4.78, 5) is 19.0. The molecule has 27 heavy (non-hydrogen) atoms. The second-order valence-corrected chi connectivity index (χ2v) is 8.49. The lowest BCUT2D eigenvalue weighted by atomic mass is 9.99. The van der Waals surface area contributed by atoms with Gasteiger partial charge in [0.1, 0.15) is 5.75 Å². The molecule has 0 radical (unpaired) electrons. The Morgan fingerprint density at radius 2 is 2.00 bits per heavy atom. The van der Waals surface area contributed by atoms with Gasteiger partial charge in [0, 0.05) is 25.5 Å². The van der Waals surface area contributed by atoms with Crippen molar-refractivity contribution in [1.82, 2.24) is 14.3 Å². The highest BCUT2D eigenvalue weighted by atomic mass is 32.2. The zero-order chi connectivity index (χ0) is 19.2. The third-order valence-corrected chi connectivity index (χ3v) is 5.71. The summed E-state index contributed by atoms with van der Waals surface area (Å²) in [5, 5.41) is -0.125. The van der Waals surface area contributed by atoms with Gasteiger partial charge in [-0.05, 0) is 41.8 Å². The number of amides is 1. The van der Waals surface area contributed by atoms with E-state index < -0.39 is 9.84 Å². The van der Waals surface area contributed by atoms with Crippen LogP contribution in [-0.4, -0.2) is 48.5 Å². The van der Waals surface area contributed by atoms with Crippen LogP contribution in [0.3, 0.4) is 0 Å². The summed E-state index contributed by atoms with van der Waals surface area (Å²) in [5.41, 5.74) is 2.86. The molecule has 1 aliphatic heterocycles. The number of aromatic nitrogens is 2. The first-order valence-corrected chi connectivity index (χ1v) is 10.4. The predicted molar refractivity (Wildman–Crippen MR) is 99.7 cm³/mol. The van der Waals surface area contributed by atoms with E-state index in [9.17, 15) is 13.2 Å². The van der Waals surface area contributed by atoms with Gasteiger partial charge >= 0.3 is 0 Å². The molecule has 8 heteroatoms. The number of benzene rings is 1. The average molecular weight is 385 g/mol. The fourth-order valence-corrected chi connectivity index (χ4v) is 4.19. The van der Waals surface area contributed by atoms with Gasteiger partial charge in [0.05, 0.1) is 12.6 Å². The maximum absolute atomic E-state index is 13.1. The van der Waals surface area contributed by atoms with E-state index in [1.807, 2.05) is 18.2 Å². The van der Waals surface area contributed by atoms with E-state index in [1.54, 1.807) is 36.4 Å². The summed E-state index contributed by atoms with van der Waals surface area (Å²) < 4.78 is 30.9. The highest BCUT2D eigenvalue weighted by molar-refractivity contribution is 7.90. The molecule has 0 fully saturated rings. The molecular weight excluding hydrogens is 366 g/mol. The molecule has 0 unspecified atom stereocenters. The highest BCUT2D eigenvalue weighted by Gasteiger charge is 2.28. The van der Waals surface area contributed by atoms with E-state index in [-0.39, 0.29) is 16.8 Å². The number of methoxy groups -OCH3 is 1. The lowest BCUT2D eigenvalue weighted by Crippen LogP contribution is -2.36. The first-order valence-electron chi connectivity index (χ1n) is 8.50. The number of carbonyl (C=O) groups excluding carboxylic acids is 1. The van der Waals surface area contributed by atoms with Crippen molar-refractivity contribution in [3.8, 4) is 5.75 Å². The Balaban J connectivity index is 1.74. The number of fused-ring (bicyclic) bond motifs is 2. The second-order valence-electron chi connectivity index (χ2n) is 6.58. The van der Waals surface area contributed by atoms with Gasteiger partial charge in [-0.25, -0.2) is 13.4 Å². The molecule has 4 rings (SSSR count). The number of carbonyl (C=O) groups is 1. The van der Waals surface area contributed by atoms with Crippen LogP contribution >= 0.6 is 0 Å². The largest absolute Gasteiger partial charge is 0.497 e. The Hall–Kier alpha value is -2.87. The predicted octanol–water partition coefficient (Wildman–Crippen LogP) is 1.94. The Morgan fingerprint density at radius 3 is 2.74 bits per heavy atom. The molecule has 7 nitrogen and oxygen atoms in total. The van der Waals surface area contributed by atoms with E-state index in [4.69, 9.17) is 4.74 Å². The molecule has 3 aromatic rings. The highest BCUT2D eigenvalue weighted by Crippen LogP contribution is 2.26. The van der Waals surface area contributed by atoms with Crippen LogP contribution in [0.25, 0.3) is 5.52 Å². The Labute approximate surface area is 157 Å². The van der Waals surface area contributed by atoms with Crippen molar-refractivity contribution in [3.63, 3.8) is 0 Å². The minimum atomic E-state index is -3.57. The van der Waals surface area contributed by atoms with Crippen LogP contribution in [0.2, 0.25) is 0 Å². The lowest BCUT2D eigenvalue weighted by Gasteiger charge is -2.28. The summed E-state index contributed by atoms with van der Waals surface area (Å²) in [6, 6.07) is 11.0. The van der Waals surface area contributed by atoms with Crippen LogP contribution < -0.4 is 4.74 Å². The summed E-state index contributed by atoms with van der Waals surface area (Å²) in [7, 11) is -1.96. The molecule has 0 N–H and O–H groups in total. The van der Waals surface area contributed by atoms with Crippen LogP contribution in [0.4, 0.5) is 0 Å². The van der Waals surface area contributed by atoms with E-state index in [0.29, 0.717) is 18.6 Å². The minimum absolute atomic E-state index is 0.125.